The van der Waals surface area contributed by atoms with E-state index in [9.17, 15) is 8.42 Å². The highest BCUT2D eigenvalue weighted by molar-refractivity contribution is 7.88. The van der Waals surface area contributed by atoms with Gasteiger partial charge in [-0.3, -0.25) is 4.98 Å². The van der Waals surface area contributed by atoms with E-state index in [1.165, 1.54) is 0 Å². The summed E-state index contributed by atoms with van der Waals surface area (Å²) in [6.07, 6.45) is 1.66. The van der Waals surface area contributed by atoms with Gasteiger partial charge < -0.3 is 9.47 Å². The number of methoxy groups -OCH3 is 2. The third kappa shape index (κ3) is 3.86. The van der Waals surface area contributed by atoms with Crippen LogP contribution < -0.4 is 14.6 Å². The third-order valence-electron chi connectivity index (χ3n) is 3.67. The molecule has 0 saturated heterocycles. The molecule has 8 heteroatoms. The summed E-state index contributed by atoms with van der Waals surface area (Å²) in [6.45, 7) is 0. The third-order valence-corrected chi connectivity index (χ3v) is 4.40. The molecule has 0 spiro atoms. The van der Waals surface area contributed by atoms with E-state index in [0.717, 1.165) is 5.56 Å². The highest BCUT2D eigenvalue weighted by atomic mass is 32.2. The fourth-order valence-electron chi connectivity index (χ4n) is 2.48. The molecule has 0 saturated carbocycles. The van der Waals surface area contributed by atoms with E-state index >= 15 is 0 Å². The lowest BCUT2D eigenvalue weighted by molar-refractivity contribution is 0.355. The van der Waals surface area contributed by atoms with E-state index in [1.807, 2.05) is 0 Å². The van der Waals surface area contributed by atoms with Gasteiger partial charge in [0.15, 0.2) is 11.5 Å². The molecular weight excluding hydrogens is 342 g/mol. The molecule has 0 fully saturated rings. The Bertz CT molecular complexity index is 1020. The summed E-state index contributed by atoms with van der Waals surface area (Å²) < 4.78 is 32.8. The number of nitrogens with two attached hydrogens (primary N) is 1. The van der Waals surface area contributed by atoms with Crippen molar-refractivity contribution in [3.8, 4) is 22.8 Å². The molecule has 0 aliphatic carbocycles. The summed E-state index contributed by atoms with van der Waals surface area (Å²) in [5.74, 6) is 0.961. The van der Waals surface area contributed by atoms with Gasteiger partial charge >= 0.3 is 0 Å². The number of rotatable bonds is 5. The molecular formula is C17H17N3O4S. The van der Waals surface area contributed by atoms with Crippen LogP contribution in [0, 0.1) is 0 Å². The smallest absolute Gasteiger partial charge is 0.213 e. The zero-order valence-electron chi connectivity index (χ0n) is 13.8. The molecule has 3 rings (SSSR count). The Balaban J connectivity index is 1.98. The summed E-state index contributed by atoms with van der Waals surface area (Å²) in [6, 6.07) is 10.5. The first-order valence-electron chi connectivity index (χ1n) is 7.38. The van der Waals surface area contributed by atoms with Gasteiger partial charge in [-0.1, -0.05) is 24.3 Å². The molecule has 0 aliphatic heterocycles. The van der Waals surface area contributed by atoms with Gasteiger partial charge in [0.2, 0.25) is 10.0 Å². The van der Waals surface area contributed by atoms with Crippen LogP contribution in [-0.2, 0) is 15.8 Å². The number of ether oxygens (including phenoxy) is 2. The number of aromatic nitrogens is 2. The Morgan fingerprint density at radius 2 is 1.60 bits per heavy atom. The van der Waals surface area contributed by atoms with E-state index in [-0.39, 0.29) is 5.75 Å². The van der Waals surface area contributed by atoms with Crippen molar-refractivity contribution >= 4 is 21.1 Å². The fourth-order valence-corrected chi connectivity index (χ4v) is 3.14. The first kappa shape index (κ1) is 17.1. The second-order valence-electron chi connectivity index (χ2n) is 5.46. The van der Waals surface area contributed by atoms with Gasteiger partial charge in [0.05, 0.1) is 42.9 Å². The Morgan fingerprint density at radius 1 is 1.00 bits per heavy atom. The molecule has 2 aromatic carbocycles. The molecule has 1 heterocycles. The molecule has 25 heavy (non-hydrogen) atoms. The highest BCUT2D eigenvalue weighted by Gasteiger charge is 2.10. The molecule has 1 aromatic heterocycles. The van der Waals surface area contributed by atoms with Crippen LogP contribution in [0.3, 0.4) is 0 Å². The minimum atomic E-state index is -3.55. The van der Waals surface area contributed by atoms with E-state index in [2.05, 4.69) is 9.97 Å². The summed E-state index contributed by atoms with van der Waals surface area (Å²) in [5.41, 5.74) is 3.46. The second-order valence-corrected chi connectivity index (χ2v) is 7.07. The minimum absolute atomic E-state index is 0.201. The Hall–Kier alpha value is -2.71. The van der Waals surface area contributed by atoms with E-state index in [1.54, 1.807) is 56.8 Å². The largest absolute Gasteiger partial charge is 0.493 e. The molecule has 0 unspecified atom stereocenters. The Labute approximate surface area is 145 Å². The molecule has 0 amide bonds. The van der Waals surface area contributed by atoms with Crippen LogP contribution in [0.15, 0.2) is 42.6 Å². The number of hydrogen-bond donors (Lipinski definition) is 1. The van der Waals surface area contributed by atoms with Crippen LogP contribution in [0.2, 0.25) is 0 Å². The summed E-state index contributed by atoms with van der Waals surface area (Å²) >= 11 is 0. The average molecular weight is 359 g/mol. The normalized spacial score (nSPS) is 11.5. The maximum absolute atomic E-state index is 11.1. The van der Waals surface area contributed by atoms with Crippen LogP contribution in [0.4, 0.5) is 0 Å². The van der Waals surface area contributed by atoms with Crippen LogP contribution in [0.25, 0.3) is 22.3 Å². The zero-order valence-corrected chi connectivity index (χ0v) is 14.6. The summed E-state index contributed by atoms with van der Waals surface area (Å²) in [4.78, 5) is 9.00. The maximum atomic E-state index is 11.1. The standard InChI is InChI=1S/C17H17N3O4S/c1-23-16-7-13-14(8-17(16)24-2)20-15(9-19-13)12-5-3-11(4-6-12)10-25(18,21)22/h3-9H,10H2,1-2H3,(H2,18,21,22). The lowest BCUT2D eigenvalue weighted by atomic mass is 10.1. The number of fused-ring (bicyclic) bond motifs is 1. The first-order valence-corrected chi connectivity index (χ1v) is 9.10. The Kier molecular flexibility index (Phi) is 4.56. The van der Waals surface area contributed by atoms with Crippen molar-refractivity contribution in [2.24, 2.45) is 5.14 Å². The SMILES string of the molecule is COc1cc2ncc(-c3ccc(CS(N)(=O)=O)cc3)nc2cc1OC. The molecule has 3 aromatic rings. The average Bonchev–Trinajstić information content (AvgIpc) is 2.59. The van der Waals surface area contributed by atoms with E-state index < -0.39 is 10.0 Å². The molecule has 0 bridgehead atoms. The monoisotopic (exact) mass is 359 g/mol. The second kappa shape index (κ2) is 6.66. The van der Waals surface area contributed by atoms with Crippen molar-refractivity contribution < 1.29 is 17.9 Å². The molecule has 130 valence electrons. The number of hydrogen-bond acceptors (Lipinski definition) is 6. The van der Waals surface area contributed by atoms with Gasteiger partial charge in [-0.25, -0.2) is 18.5 Å². The Morgan fingerprint density at radius 3 is 2.16 bits per heavy atom. The van der Waals surface area contributed by atoms with Crippen LogP contribution in [-0.4, -0.2) is 32.6 Å². The van der Waals surface area contributed by atoms with Gasteiger partial charge in [-0.15, -0.1) is 0 Å². The molecule has 2 N–H and O–H groups in total. The minimum Gasteiger partial charge on any atom is -0.493 e. The van der Waals surface area contributed by atoms with Gasteiger partial charge in [-0.2, -0.15) is 0 Å². The van der Waals surface area contributed by atoms with Gasteiger partial charge in [0.25, 0.3) is 0 Å². The predicted octanol–water partition coefficient (Wildman–Crippen LogP) is 2.10. The topological polar surface area (TPSA) is 104 Å². The van der Waals surface area contributed by atoms with Crippen molar-refractivity contribution in [2.45, 2.75) is 5.75 Å². The molecule has 0 aliphatic rings. The lowest BCUT2D eigenvalue weighted by Crippen LogP contribution is -2.14. The molecule has 7 nitrogen and oxygen atoms in total. The predicted molar refractivity (Wildman–Crippen MR) is 94.9 cm³/mol. The summed E-state index contributed by atoms with van der Waals surface area (Å²) in [7, 11) is -0.427. The van der Waals surface area contributed by atoms with E-state index in [4.69, 9.17) is 14.6 Å². The van der Waals surface area contributed by atoms with Crippen molar-refractivity contribution in [1.29, 1.82) is 0 Å². The number of benzene rings is 2. The zero-order chi connectivity index (χ0) is 18.0. The summed E-state index contributed by atoms with van der Waals surface area (Å²) in [5, 5.41) is 5.06. The highest BCUT2D eigenvalue weighted by Crippen LogP contribution is 2.31. The van der Waals surface area contributed by atoms with Crippen molar-refractivity contribution in [1.82, 2.24) is 9.97 Å². The van der Waals surface area contributed by atoms with E-state index in [0.29, 0.717) is 33.8 Å². The quantitative estimate of drug-likeness (QED) is 0.748. The molecule has 0 atom stereocenters. The lowest BCUT2D eigenvalue weighted by Gasteiger charge is -2.09. The van der Waals surface area contributed by atoms with Crippen molar-refractivity contribution in [3.05, 3.63) is 48.2 Å². The van der Waals surface area contributed by atoms with Gasteiger partial charge in [-0.05, 0) is 5.56 Å². The van der Waals surface area contributed by atoms with Crippen molar-refractivity contribution in [2.75, 3.05) is 14.2 Å². The van der Waals surface area contributed by atoms with Crippen LogP contribution in [0.1, 0.15) is 5.56 Å². The number of nitrogens with zero attached hydrogens (tertiary/aromatic N) is 2. The van der Waals surface area contributed by atoms with Crippen LogP contribution >= 0.6 is 0 Å². The fraction of sp³-hybridized carbons (Fsp3) is 0.176. The first-order chi connectivity index (χ1) is 11.9. The van der Waals surface area contributed by atoms with Gasteiger partial charge in [0, 0.05) is 17.7 Å². The van der Waals surface area contributed by atoms with Crippen molar-refractivity contribution in [3.63, 3.8) is 0 Å². The maximum Gasteiger partial charge on any atom is 0.213 e. The molecule has 0 radical (unpaired) electrons. The number of primary sulfonamides is 1. The van der Waals surface area contributed by atoms with Gasteiger partial charge in [0.1, 0.15) is 0 Å². The van der Waals surface area contributed by atoms with Crippen LogP contribution in [0.5, 0.6) is 11.5 Å². The number of sulfonamides is 1.